The van der Waals surface area contributed by atoms with Gasteiger partial charge >= 0.3 is 6.18 Å². The van der Waals surface area contributed by atoms with E-state index in [1.54, 1.807) is 24.7 Å². The highest BCUT2D eigenvalue weighted by molar-refractivity contribution is 7.80. The zero-order chi connectivity index (χ0) is 30.2. The lowest BCUT2D eigenvalue weighted by atomic mass is 9.86. The Labute approximate surface area is 244 Å². The predicted octanol–water partition coefficient (Wildman–Crippen LogP) is 5.28. The number of nitrogens with two attached hydrogens (primary N) is 1. The Bertz CT molecular complexity index is 1360. The van der Waals surface area contributed by atoms with Gasteiger partial charge in [0.25, 0.3) is 0 Å². The maximum atomic E-state index is 13.8. The van der Waals surface area contributed by atoms with Crippen LogP contribution in [0, 0.1) is 23.2 Å². The van der Waals surface area contributed by atoms with E-state index in [1.807, 2.05) is 37.5 Å². The molecule has 1 unspecified atom stereocenters. The molecule has 1 aromatic heterocycles. The number of nitrogens with one attached hydrogen (secondary N) is 1. The normalized spacial score (nSPS) is 13.0. The molecule has 0 amide bonds. The van der Waals surface area contributed by atoms with Gasteiger partial charge in [0.05, 0.1) is 35.6 Å². The first-order chi connectivity index (χ1) is 19.5. The lowest BCUT2D eigenvalue weighted by Crippen LogP contribution is -2.56. The van der Waals surface area contributed by atoms with Crippen molar-refractivity contribution >= 4 is 23.1 Å². The third kappa shape index (κ3) is 8.38. The van der Waals surface area contributed by atoms with Crippen LogP contribution in [0.25, 0.3) is 0 Å². The molecule has 1 heterocycles. The fourth-order valence-electron chi connectivity index (χ4n) is 4.73. The minimum Gasteiger partial charge on any atom is -0.363 e. The third-order valence-corrected chi connectivity index (χ3v) is 7.24. The Kier molecular flexibility index (Phi) is 11.0. The summed E-state index contributed by atoms with van der Waals surface area (Å²) in [7, 11) is 0. The van der Waals surface area contributed by atoms with Crippen molar-refractivity contribution < 1.29 is 18.0 Å². The molecule has 0 saturated heterocycles. The molecule has 3 rings (SSSR count). The van der Waals surface area contributed by atoms with Gasteiger partial charge in [-0.1, -0.05) is 51.1 Å². The summed E-state index contributed by atoms with van der Waals surface area (Å²) in [5, 5.41) is 12.3. The van der Waals surface area contributed by atoms with Gasteiger partial charge in [0.2, 0.25) is 0 Å². The number of nitrogens with zero attached hydrogens (tertiary/aromatic N) is 4. The van der Waals surface area contributed by atoms with Gasteiger partial charge in [-0.3, -0.25) is 4.79 Å². The number of thiocarbonyl (C=S) groups is 1. The van der Waals surface area contributed by atoms with Crippen LogP contribution >= 0.6 is 12.2 Å². The SMILES string of the molecule is CCCNC(=S)N(Cc1ccccc1C(F)(F)F)C(N)[C@@H](C(=O)Cc1cncn1Cc1ccc(C#N)cc1)C(C)C. The van der Waals surface area contributed by atoms with E-state index >= 15 is 0 Å². The molecule has 0 bridgehead atoms. The van der Waals surface area contributed by atoms with Crippen molar-refractivity contribution in [1.82, 2.24) is 19.8 Å². The molecule has 7 nitrogen and oxygen atoms in total. The summed E-state index contributed by atoms with van der Waals surface area (Å²) in [5.74, 6) is -1.11. The minimum absolute atomic E-state index is 0.0200. The highest BCUT2D eigenvalue weighted by Gasteiger charge is 2.37. The van der Waals surface area contributed by atoms with Crippen LogP contribution in [0.3, 0.4) is 0 Å². The monoisotopic (exact) mass is 584 g/mol. The molecule has 0 fully saturated rings. The van der Waals surface area contributed by atoms with Crippen LogP contribution in [0.1, 0.15) is 55.1 Å². The lowest BCUT2D eigenvalue weighted by molar-refractivity contribution is -0.138. The predicted molar refractivity (Wildman–Crippen MR) is 155 cm³/mol. The number of hydrogen-bond donors (Lipinski definition) is 2. The Hall–Kier alpha value is -3.75. The number of alkyl halides is 3. The van der Waals surface area contributed by atoms with Gasteiger partial charge in [0.15, 0.2) is 5.11 Å². The van der Waals surface area contributed by atoms with Gasteiger partial charge in [-0.05, 0) is 53.9 Å². The second-order valence-corrected chi connectivity index (χ2v) is 10.6. The summed E-state index contributed by atoms with van der Waals surface area (Å²) in [5.41, 5.74) is 8.13. The molecule has 0 saturated carbocycles. The number of Topliss-reactive ketones (excluding diaryl/α,β-unsaturated/α-hetero) is 1. The first kappa shape index (κ1) is 31.8. The summed E-state index contributed by atoms with van der Waals surface area (Å²) in [4.78, 5) is 19.5. The fourth-order valence-corrected chi connectivity index (χ4v) is 5.02. The van der Waals surface area contributed by atoms with Crippen LogP contribution in [-0.2, 0) is 30.5 Å². The largest absolute Gasteiger partial charge is 0.416 e. The molecule has 0 aliphatic rings. The molecule has 11 heteroatoms. The van der Waals surface area contributed by atoms with Gasteiger partial charge in [-0.25, -0.2) is 4.98 Å². The lowest BCUT2D eigenvalue weighted by Gasteiger charge is -2.38. The molecule has 2 atom stereocenters. The molecular weight excluding hydrogens is 549 g/mol. The van der Waals surface area contributed by atoms with Crippen LogP contribution in [0.5, 0.6) is 0 Å². The summed E-state index contributed by atoms with van der Waals surface area (Å²) >= 11 is 5.58. The highest BCUT2D eigenvalue weighted by Crippen LogP contribution is 2.33. The number of ketones is 1. The first-order valence-electron chi connectivity index (χ1n) is 13.4. The number of nitriles is 1. The number of rotatable bonds is 12. The number of hydrogen-bond acceptors (Lipinski definition) is 5. The average molecular weight is 585 g/mol. The van der Waals surface area contributed by atoms with Gasteiger partial charge in [-0.15, -0.1) is 0 Å². The molecule has 0 aliphatic carbocycles. The molecule has 0 aliphatic heterocycles. The summed E-state index contributed by atoms with van der Waals surface area (Å²) in [6.07, 6.45) is -1.49. The molecule has 41 heavy (non-hydrogen) atoms. The van der Waals surface area contributed by atoms with E-state index in [0.717, 1.165) is 18.1 Å². The number of carbonyl (C=O) groups excluding carboxylic acids is 1. The third-order valence-electron chi connectivity index (χ3n) is 6.86. The van der Waals surface area contributed by atoms with Crippen LogP contribution in [-0.4, -0.2) is 38.1 Å². The molecular formula is C30H35F3N6OS. The molecule has 218 valence electrons. The van der Waals surface area contributed by atoms with Gasteiger partial charge in [0, 0.05) is 37.9 Å². The Balaban J connectivity index is 1.87. The second kappa shape index (κ2) is 14.2. The van der Waals surface area contributed by atoms with Gasteiger partial charge in [-0.2, -0.15) is 18.4 Å². The van der Waals surface area contributed by atoms with Crippen molar-refractivity contribution in [2.45, 2.75) is 59.0 Å². The van der Waals surface area contributed by atoms with Crippen molar-refractivity contribution in [3.63, 3.8) is 0 Å². The molecule has 3 N–H and O–H groups in total. The number of halogens is 3. The number of benzene rings is 2. The van der Waals surface area contributed by atoms with Crippen LogP contribution < -0.4 is 11.1 Å². The smallest absolute Gasteiger partial charge is 0.363 e. The first-order valence-corrected chi connectivity index (χ1v) is 13.8. The van der Waals surface area contributed by atoms with Crippen molar-refractivity contribution in [3.8, 4) is 6.07 Å². The van der Waals surface area contributed by atoms with E-state index in [4.69, 9.17) is 23.2 Å². The summed E-state index contributed by atoms with van der Waals surface area (Å²) in [6.45, 7) is 6.43. The van der Waals surface area contributed by atoms with Gasteiger partial charge in [0.1, 0.15) is 5.78 Å². The van der Waals surface area contributed by atoms with Crippen molar-refractivity contribution in [1.29, 1.82) is 5.26 Å². The van der Waals surface area contributed by atoms with Crippen LogP contribution in [0.15, 0.2) is 61.1 Å². The average Bonchev–Trinajstić information content (AvgIpc) is 3.36. The molecule has 0 radical (unpaired) electrons. The maximum absolute atomic E-state index is 13.8. The van der Waals surface area contributed by atoms with Crippen LogP contribution in [0.2, 0.25) is 0 Å². The van der Waals surface area contributed by atoms with E-state index in [2.05, 4.69) is 16.4 Å². The van der Waals surface area contributed by atoms with E-state index < -0.39 is 23.8 Å². The quantitative estimate of drug-likeness (QED) is 0.221. The van der Waals surface area contributed by atoms with E-state index in [0.29, 0.717) is 24.3 Å². The topological polar surface area (TPSA) is 100.0 Å². The van der Waals surface area contributed by atoms with Gasteiger partial charge < -0.3 is 20.5 Å². The highest BCUT2D eigenvalue weighted by atomic mass is 32.1. The zero-order valence-electron chi connectivity index (χ0n) is 23.4. The van der Waals surface area contributed by atoms with E-state index in [-0.39, 0.29) is 35.3 Å². The Morgan fingerprint density at radius 3 is 2.49 bits per heavy atom. The van der Waals surface area contributed by atoms with E-state index in [1.165, 1.54) is 23.1 Å². The number of carbonyl (C=O) groups is 1. The summed E-state index contributed by atoms with van der Waals surface area (Å²) < 4.78 is 43.2. The Morgan fingerprint density at radius 2 is 1.88 bits per heavy atom. The molecule has 0 spiro atoms. The second-order valence-electron chi connectivity index (χ2n) is 10.2. The van der Waals surface area contributed by atoms with Crippen molar-refractivity contribution in [2.24, 2.45) is 17.6 Å². The Morgan fingerprint density at radius 1 is 1.20 bits per heavy atom. The minimum atomic E-state index is -4.55. The number of imidazole rings is 1. The number of aromatic nitrogens is 2. The van der Waals surface area contributed by atoms with Crippen molar-refractivity contribution in [2.75, 3.05) is 6.54 Å². The zero-order valence-corrected chi connectivity index (χ0v) is 24.2. The van der Waals surface area contributed by atoms with Crippen molar-refractivity contribution in [3.05, 3.63) is 89.0 Å². The standard InChI is InChI=1S/C30H35F3N6OS/c1-4-13-37-29(41)39(18-23-7-5-6-8-25(23)30(31,32)33)28(35)27(20(2)3)26(40)14-24-16-36-19-38(24)17-22-11-9-21(15-34)10-12-22/h5-12,16,19-20,27-28H,4,13-14,17-18,35H2,1-3H3,(H,37,41)/t27-,28?/m1/s1. The van der Waals surface area contributed by atoms with E-state index in [9.17, 15) is 18.0 Å². The maximum Gasteiger partial charge on any atom is 0.416 e. The fraction of sp³-hybridized carbons (Fsp3) is 0.400. The summed E-state index contributed by atoms with van der Waals surface area (Å²) in [6, 6.07) is 14.5. The molecule has 2 aromatic carbocycles. The van der Waals surface area contributed by atoms with Crippen LogP contribution in [0.4, 0.5) is 13.2 Å². The molecule has 3 aromatic rings.